The summed E-state index contributed by atoms with van der Waals surface area (Å²) in [5, 5.41) is 4.35. The van der Waals surface area contributed by atoms with Crippen molar-refractivity contribution in [2.45, 2.75) is 6.92 Å². The van der Waals surface area contributed by atoms with Crippen LogP contribution >= 0.6 is 11.6 Å². The monoisotopic (exact) mass is 332 g/mol. The highest BCUT2D eigenvalue weighted by molar-refractivity contribution is 6.30. The first-order valence-electron chi connectivity index (χ1n) is 6.77. The Morgan fingerprint density at radius 2 is 1.83 bits per heavy atom. The van der Waals surface area contributed by atoms with Gasteiger partial charge in [-0.25, -0.2) is 8.78 Å². The Bertz CT molecular complexity index is 870. The molecule has 0 amide bonds. The van der Waals surface area contributed by atoms with Gasteiger partial charge in [0.1, 0.15) is 17.2 Å². The van der Waals surface area contributed by atoms with Crippen molar-refractivity contribution < 1.29 is 13.3 Å². The number of hydrogen-bond donors (Lipinski definition) is 0. The van der Waals surface area contributed by atoms with E-state index in [1.807, 2.05) is 19.1 Å². The van der Waals surface area contributed by atoms with Crippen LogP contribution in [0, 0.1) is 18.6 Å². The number of aromatic nitrogens is 2. The van der Waals surface area contributed by atoms with E-state index in [2.05, 4.69) is 10.1 Å². The third-order valence-corrected chi connectivity index (χ3v) is 3.50. The summed E-state index contributed by atoms with van der Waals surface area (Å²) in [4.78, 5) is 3.99. The summed E-state index contributed by atoms with van der Waals surface area (Å²) in [5.41, 5.74) is 1.58. The van der Waals surface area contributed by atoms with Crippen molar-refractivity contribution in [1.29, 1.82) is 0 Å². The Balaban J connectivity index is 1.89. The number of rotatable bonds is 3. The SMILES string of the molecule is Cc1cc(Cl)ccc1/C=C/c1noc(-c2c(F)cccc2F)n1. The average molecular weight is 333 g/mol. The third-order valence-electron chi connectivity index (χ3n) is 3.26. The van der Waals surface area contributed by atoms with Crippen LogP contribution in [-0.4, -0.2) is 10.1 Å². The minimum Gasteiger partial charge on any atom is -0.333 e. The molecule has 0 spiro atoms. The van der Waals surface area contributed by atoms with E-state index in [-0.39, 0.29) is 17.3 Å². The molecule has 3 rings (SSSR count). The maximum atomic E-state index is 13.7. The van der Waals surface area contributed by atoms with E-state index in [0.717, 1.165) is 23.3 Å². The third kappa shape index (κ3) is 3.29. The molecule has 23 heavy (non-hydrogen) atoms. The van der Waals surface area contributed by atoms with E-state index in [4.69, 9.17) is 16.1 Å². The molecule has 3 nitrogen and oxygen atoms in total. The van der Waals surface area contributed by atoms with E-state index in [9.17, 15) is 8.78 Å². The Hall–Kier alpha value is -2.53. The van der Waals surface area contributed by atoms with Gasteiger partial charge in [-0.15, -0.1) is 0 Å². The second kappa shape index (κ2) is 6.30. The van der Waals surface area contributed by atoms with Gasteiger partial charge in [0, 0.05) is 5.02 Å². The molecule has 0 radical (unpaired) electrons. The quantitative estimate of drug-likeness (QED) is 0.666. The van der Waals surface area contributed by atoms with Gasteiger partial charge in [0.25, 0.3) is 5.89 Å². The molecular formula is C17H11ClF2N2O. The fraction of sp³-hybridized carbons (Fsp3) is 0.0588. The van der Waals surface area contributed by atoms with Crippen LogP contribution in [0.25, 0.3) is 23.6 Å². The molecule has 2 aromatic carbocycles. The van der Waals surface area contributed by atoms with Gasteiger partial charge in [0.2, 0.25) is 0 Å². The van der Waals surface area contributed by atoms with E-state index in [0.29, 0.717) is 5.02 Å². The first-order valence-corrected chi connectivity index (χ1v) is 7.15. The summed E-state index contributed by atoms with van der Waals surface area (Å²) in [6.07, 6.45) is 3.37. The summed E-state index contributed by atoms with van der Waals surface area (Å²) in [5.74, 6) is -1.49. The summed E-state index contributed by atoms with van der Waals surface area (Å²) in [7, 11) is 0. The van der Waals surface area contributed by atoms with Gasteiger partial charge < -0.3 is 4.52 Å². The smallest absolute Gasteiger partial charge is 0.264 e. The van der Waals surface area contributed by atoms with Gasteiger partial charge in [-0.05, 0) is 48.4 Å². The zero-order valence-electron chi connectivity index (χ0n) is 12.1. The van der Waals surface area contributed by atoms with Gasteiger partial charge in [0.05, 0.1) is 0 Å². The fourth-order valence-electron chi connectivity index (χ4n) is 2.10. The molecule has 0 aliphatic heterocycles. The van der Waals surface area contributed by atoms with Crippen molar-refractivity contribution >= 4 is 23.8 Å². The van der Waals surface area contributed by atoms with Crippen molar-refractivity contribution in [2.75, 3.05) is 0 Å². The molecule has 0 saturated heterocycles. The van der Waals surface area contributed by atoms with Crippen LogP contribution in [0.1, 0.15) is 17.0 Å². The number of halogens is 3. The minimum atomic E-state index is -0.752. The largest absolute Gasteiger partial charge is 0.333 e. The van der Waals surface area contributed by atoms with Crippen molar-refractivity contribution in [3.8, 4) is 11.5 Å². The van der Waals surface area contributed by atoms with Crippen molar-refractivity contribution in [2.24, 2.45) is 0 Å². The molecule has 0 bridgehead atoms. The highest BCUT2D eigenvalue weighted by atomic mass is 35.5. The van der Waals surface area contributed by atoms with Crippen LogP contribution in [0.4, 0.5) is 8.78 Å². The maximum Gasteiger partial charge on any atom is 0.264 e. The maximum absolute atomic E-state index is 13.7. The van der Waals surface area contributed by atoms with Crippen LogP contribution in [-0.2, 0) is 0 Å². The summed E-state index contributed by atoms with van der Waals surface area (Å²) < 4.78 is 32.3. The zero-order valence-corrected chi connectivity index (χ0v) is 12.8. The van der Waals surface area contributed by atoms with Crippen LogP contribution in [0.2, 0.25) is 5.02 Å². The predicted octanol–water partition coefficient (Wildman–Crippen LogP) is 5.15. The van der Waals surface area contributed by atoms with Crippen molar-refractivity contribution in [3.63, 3.8) is 0 Å². The van der Waals surface area contributed by atoms with Gasteiger partial charge in [-0.1, -0.05) is 35.0 Å². The molecule has 0 atom stereocenters. The summed E-state index contributed by atoms with van der Waals surface area (Å²) >= 11 is 5.90. The highest BCUT2D eigenvalue weighted by Crippen LogP contribution is 2.24. The van der Waals surface area contributed by atoms with Crippen molar-refractivity contribution in [3.05, 3.63) is 70.0 Å². The van der Waals surface area contributed by atoms with Crippen LogP contribution in [0.3, 0.4) is 0 Å². The van der Waals surface area contributed by atoms with Gasteiger partial charge in [-0.2, -0.15) is 4.98 Å². The normalized spacial score (nSPS) is 11.3. The van der Waals surface area contributed by atoms with E-state index in [1.165, 1.54) is 6.07 Å². The minimum absolute atomic E-state index is 0.201. The molecular weight excluding hydrogens is 322 g/mol. The zero-order chi connectivity index (χ0) is 16.4. The second-order valence-electron chi connectivity index (χ2n) is 4.89. The lowest BCUT2D eigenvalue weighted by molar-refractivity contribution is 0.423. The molecule has 0 unspecified atom stereocenters. The molecule has 0 N–H and O–H groups in total. The fourth-order valence-corrected chi connectivity index (χ4v) is 2.32. The average Bonchev–Trinajstić information content (AvgIpc) is 2.95. The van der Waals surface area contributed by atoms with E-state index in [1.54, 1.807) is 18.2 Å². The van der Waals surface area contributed by atoms with E-state index < -0.39 is 11.6 Å². The molecule has 0 aliphatic carbocycles. The molecule has 6 heteroatoms. The Labute approximate surface area is 136 Å². The molecule has 0 fully saturated rings. The first kappa shape index (κ1) is 15.4. The molecule has 116 valence electrons. The molecule has 3 aromatic rings. The van der Waals surface area contributed by atoms with Crippen molar-refractivity contribution in [1.82, 2.24) is 10.1 Å². The Morgan fingerprint density at radius 1 is 1.09 bits per heavy atom. The Kier molecular flexibility index (Phi) is 4.21. The lowest BCUT2D eigenvalue weighted by Crippen LogP contribution is -1.89. The number of aryl methyl sites for hydroxylation is 1. The van der Waals surface area contributed by atoms with Gasteiger partial charge in [-0.3, -0.25) is 0 Å². The van der Waals surface area contributed by atoms with Crippen LogP contribution in [0.15, 0.2) is 40.9 Å². The lowest BCUT2D eigenvalue weighted by atomic mass is 10.1. The predicted molar refractivity (Wildman–Crippen MR) is 84.8 cm³/mol. The molecule has 0 saturated carbocycles. The van der Waals surface area contributed by atoms with Crippen LogP contribution in [0.5, 0.6) is 0 Å². The second-order valence-corrected chi connectivity index (χ2v) is 5.33. The summed E-state index contributed by atoms with van der Waals surface area (Å²) in [6, 6.07) is 8.99. The Morgan fingerprint density at radius 3 is 2.52 bits per heavy atom. The molecule has 1 heterocycles. The standard InChI is InChI=1S/C17H11ClF2N2O/c1-10-9-12(18)7-5-11(10)6-8-15-21-17(23-22-15)16-13(19)3-2-4-14(16)20/h2-9H,1H3/b8-6+. The van der Waals surface area contributed by atoms with Gasteiger partial charge in [0.15, 0.2) is 5.82 Å². The topological polar surface area (TPSA) is 38.9 Å². The van der Waals surface area contributed by atoms with Gasteiger partial charge >= 0.3 is 0 Å². The van der Waals surface area contributed by atoms with Crippen LogP contribution < -0.4 is 0 Å². The molecule has 0 aliphatic rings. The lowest BCUT2D eigenvalue weighted by Gasteiger charge is -1.99. The number of hydrogen-bond acceptors (Lipinski definition) is 3. The number of benzene rings is 2. The summed E-state index contributed by atoms with van der Waals surface area (Å²) in [6.45, 7) is 1.92. The molecule has 1 aromatic heterocycles. The highest BCUT2D eigenvalue weighted by Gasteiger charge is 2.17. The first-order chi connectivity index (χ1) is 11.0. The number of nitrogens with zero attached hydrogens (tertiary/aromatic N) is 2. The van der Waals surface area contributed by atoms with E-state index >= 15 is 0 Å².